The molecule has 7 heteroatoms. The van der Waals surface area contributed by atoms with Gasteiger partial charge in [0.1, 0.15) is 0 Å². The van der Waals surface area contributed by atoms with E-state index in [0.717, 1.165) is 5.69 Å². The fourth-order valence-corrected chi connectivity index (χ4v) is 1.34. The fourth-order valence-electron chi connectivity index (χ4n) is 1.34. The molecule has 0 atom stereocenters. The summed E-state index contributed by atoms with van der Waals surface area (Å²) in [6.07, 6.45) is -5.57. The van der Waals surface area contributed by atoms with Crippen molar-refractivity contribution in [2.75, 3.05) is 31.6 Å². The number of hydrogen-bond acceptors (Lipinski definition) is 3. The van der Waals surface area contributed by atoms with E-state index >= 15 is 0 Å². The van der Waals surface area contributed by atoms with Crippen LogP contribution in [0.5, 0.6) is 0 Å². The van der Waals surface area contributed by atoms with E-state index in [2.05, 4.69) is 10.1 Å². The number of para-hydroxylation sites is 1. The topological polar surface area (TPSA) is 41.6 Å². The van der Waals surface area contributed by atoms with E-state index < -0.39 is 18.9 Å². The third kappa shape index (κ3) is 6.54. The number of alkyl halides is 3. The zero-order valence-corrected chi connectivity index (χ0v) is 10.4. The average molecular weight is 276 g/mol. The van der Waals surface area contributed by atoms with Crippen LogP contribution in [0.15, 0.2) is 30.3 Å². The molecule has 0 aliphatic rings. The second-order valence-electron chi connectivity index (χ2n) is 3.88. The van der Waals surface area contributed by atoms with Gasteiger partial charge in [-0.3, -0.25) is 0 Å². The van der Waals surface area contributed by atoms with Crippen LogP contribution in [0, 0.1) is 0 Å². The summed E-state index contributed by atoms with van der Waals surface area (Å²) in [6, 6.07) is 9.40. The van der Waals surface area contributed by atoms with E-state index in [1.807, 2.05) is 42.3 Å². The van der Waals surface area contributed by atoms with Crippen LogP contribution in [-0.2, 0) is 4.74 Å². The second kappa shape index (κ2) is 6.86. The summed E-state index contributed by atoms with van der Waals surface area (Å²) < 4.78 is 39.3. The van der Waals surface area contributed by atoms with Crippen LogP contribution in [0.2, 0.25) is 0 Å². The molecular formula is C12H15F3N2O2. The summed E-state index contributed by atoms with van der Waals surface area (Å²) in [5, 5.41) is 2.25. The molecule has 0 bridgehead atoms. The van der Waals surface area contributed by atoms with Crippen molar-refractivity contribution >= 4 is 11.8 Å². The van der Waals surface area contributed by atoms with Crippen molar-refractivity contribution in [1.82, 2.24) is 5.32 Å². The Labute approximate surface area is 109 Å². The molecule has 0 aromatic heterocycles. The van der Waals surface area contributed by atoms with Gasteiger partial charge in [-0.25, -0.2) is 4.79 Å². The Hall–Kier alpha value is -1.92. The van der Waals surface area contributed by atoms with Crippen LogP contribution in [0.25, 0.3) is 0 Å². The lowest BCUT2D eigenvalue weighted by Crippen LogP contribution is -2.34. The summed E-state index contributed by atoms with van der Waals surface area (Å²) >= 11 is 0. The maximum Gasteiger partial charge on any atom is 0.422 e. The van der Waals surface area contributed by atoms with Crippen molar-refractivity contribution in [2.45, 2.75) is 6.18 Å². The molecule has 1 aromatic carbocycles. The van der Waals surface area contributed by atoms with Gasteiger partial charge < -0.3 is 15.0 Å². The summed E-state index contributed by atoms with van der Waals surface area (Å²) in [4.78, 5) is 12.8. The Kier molecular flexibility index (Phi) is 5.47. The fraction of sp³-hybridized carbons (Fsp3) is 0.417. The molecule has 1 aromatic rings. The molecule has 106 valence electrons. The third-order valence-corrected chi connectivity index (χ3v) is 2.28. The van der Waals surface area contributed by atoms with E-state index in [1.165, 1.54) is 0 Å². The summed E-state index contributed by atoms with van der Waals surface area (Å²) in [5.74, 6) is 0. The molecule has 0 radical (unpaired) electrons. The predicted octanol–water partition coefficient (Wildman–Crippen LogP) is 2.41. The minimum Gasteiger partial charge on any atom is -0.440 e. The number of rotatable bonds is 5. The zero-order chi connectivity index (χ0) is 14.3. The molecule has 0 saturated carbocycles. The smallest absolute Gasteiger partial charge is 0.422 e. The van der Waals surface area contributed by atoms with Gasteiger partial charge in [0.05, 0.1) is 0 Å². The maximum absolute atomic E-state index is 11.8. The highest BCUT2D eigenvalue weighted by Crippen LogP contribution is 2.14. The molecule has 1 amide bonds. The highest BCUT2D eigenvalue weighted by atomic mass is 19.4. The van der Waals surface area contributed by atoms with Crippen molar-refractivity contribution in [3.05, 3.63) is 30.3 Å². The molecule has 0 saturated heterocycles. The van der Waals surface area contributed by atoms with Gasteiger partial charge in [-0.15, -0.1) is 0 Å². The SMILES string of the molecule is CN(CCNC(=O)OCC(F)(F)F)c1ccccc1. The highest BCUT2D eigenvalue weighted by molar-refractivity contribution is 5.67. The van der Waals surface area contributed by atoms with Gasteiger partial charge in [-0.1, -0.05) is 18.2 Å². The maximum atomic E-state index is 11.8. The first-order valence-corrected chi connectivity index (χ1v) is 5.62. The molecule has 0 aliphatic heterocycles. The number of halogens is 3. The number of carbonyl (C=O) groups excluding carboxylic acids is 1. The number of nitrogens with zero attached hydrogens (tertiary/aromatic N) is 1. The Morgan fingerprint density at radius 2 is 1.95 bits per heavy atom. The number of hydrogen-bond donors (Lipinski definition) is 1. The van der Waals surface area contributed by atoms with Gasteiger partial charge in [0, 0.05) is 25.8 Å². The summed E-state index contributed by atoms with van der Waals surface area (Å²) in [6.45, 7) is -0.916. The van der Waals surface area contributed by atoms with Gasteiger partial charge in [0.25, 0.3) is 0 Å². The van der Waals surface area contributed by atoms with Crippen molar-refractivity contribution in [3.8, 4) is 0 Å². The van der Waals surface area contributed by atoms with Crippen LogP contribution >= 0.6 is 0 Å². The van der Waals surface area contributed by atoms with Crippen LogP contribution < -0.4 is 10.2 Å². The van der Waals surface area contributed by atoms with Gasteiger partial charge in [0.15, 0.2) is 6.61 Å². The summed E-state index contributed by atoms with van der Waals surface area (Å²) in [7, 11) is 1.82. The third-order valence-electron chi connectivity index (χ3n) is 2.28. The predicted molar refractivity (Wildman–Crippen MR) is 65.1 cm³/mol. The average Bonchev–Trinajstić information content (AvgIpc) is 2.36. The number of anilines is 1. The lowest BCUT2D eigenvalue weighted by Gasteiger charge is -2.19. The number of nitrogens with one attached hydrogen (secondary N) is 1. The lowest BCUT2D eigenvalue weighted by molar-refractivity contribution is -0.160. The van der Waals surface area contributed by atoms with Crippen LogP contribution in [-0.4, -0.2) is 39.0 Å². The van der Waals surface area contributed by atoms with Crippen molar-refractivity contribution in [3.63, 3.8) is 0 Å². The van der Waals surface area contributed by atoms with Crippen molar-refractivity contribution in [1.29, 1.82) is 0 Å². The number of benzene rings is 1. The van der Waals surface area contributed by atoms with E-state index in [-0.39, 0.29) is 6.54 Å². The zero-order valence-electron chi connectivity index (χ0n) is 10.4. The number of likely N-dealkylation sites (N-methyl/N-ethyl adjacent to an activating group) is 1. The molecule has 4 nitrogen and oxygen atoms in total. The number of amides is 1. The number of carbonyl (C=O) groups is 1. The molecule has 0 aliphatic carbocycles. The highest BCUT2D eigenvalue weighted by Gasteiger charge is 2.29. The van der Waals surface area contributed by atoms with Gasteiger partial charge >= 0.3 is 12.3 Å². The Morgan fingerprint density at radius 3 is 2.53 bits per heavy atom. The largest absolute Gasteiger partial charge is 0.440 e. The second-order valence-corrected chi connectivity index (χ2v) is 3.88. The number of ether oxygens (including phenoxy) is 1. The molecule has 19 heavy (non-hydrogen) atoms. The van der Waals surface area contributed by atoms with Crippen LogP contribution in [0.3, 0.4) is 0 Å². The first-order valence-electron chi connectivity index (χ1n) is 5.62. The minimum absolute atomic E-state index is 0.197. The molecule has 1 N–H and O–H groups in total. The van der Waals surface area contributed by atoms with Gasteiger partial charge in [0.2, 0.25) is 0 Å². The van der Waals surface area contributed by atoms with Crippen LogP contribution in [0.1, 0.15) is 0 Å². The van der Waals surface area contributed by atoms with E-state index in [9.17, 15) is 18.0 Å². The minimum atomic E-state index is -4.50. The first kappa shape index (κ1) is 15.1. The first-order chi connectivity index (χ1) is 8.88. The molecular weight excluding hydrogens is 261 g/mol. The number of alkyl carbamates (subject to hydrolysis) is 1. The van der Waals surface area contributed by atoms with Crippen molar-refractivity contribution < 1.29 is 22.7 Å². The Bertz CT molecular complexity index is 396. The lowest BCUT2D eigenvalue weighted by atomic mass is 10.3. The standard InChI is InChI=1S/C12H15F3N2O2/c1-17(10-5-3-2-4-6-10)8-7-16-11(18)19-9-12(13,14)15/h2-6H,7-9H2,1H3,(H,16,18). The molecule has 0 unspecified atom stereocenters. The molecule has 1 rings (SSSR count). The Balaban J connectivity index is 2.22. The van der Waals surface area contributed by atoms with Gasteiger partial charge in [-0.2, -0.15) is 13.2 Å². The molecule has 0 spiro atoms. The molecule has 0 fully saturated rings. The van der Waals surface area contributed by atoms with E-state index in [1.54, 1.807) is 0 Å². The van der Waals surface area contributed by atoms with Gasteiger partial charge in [-0.05, 0) is 12.1 Å². The quantitative estimate of drug-likeness (QED) is 0.898. The van der Waals surface area contributed by atoms with Crippen LogP contribution in [0.4, 0.5) is 23.7 Å². The summed E-state index contributed by atoms with van der Waals surface area (Å²) in [5.41, 5.74) is 0.952. The Morgan fingerprint density at radius 1 is 1.32 bits per heavy atom. The normalized spacial score (nSPS) is 10.9. The molecule has 0 heterocycles. The monoisotopic (exact) mass is 276 g/mol. The van der Waals surface area contributed by atoms with Crippen molar-refractivity contribution in [2.24, 2.45) is 0 Å². The van der Waals surface area contributed by atoms with E-state index in [4.69, 9.17) is 0 Å². The van der Waals surface area contributed by atoms with E-state index in [0.29, 0.717) is 6.54 Å².